The lowest BCUT2D eigenvalue weighted by Gasteiger charge is -2.15. The third kappa shape index (κ3) is 15.2. The second kappa shape index (κ2) is 22.7. The van der Waals surface area contributed by atoms with Gasteiger partial charge < -0.3 is 9.30 Å². The highest BCUT2D eigenvalue weighted by Gasteiger charge is 2.09. The molecule has 2 aromatic rings. The maximum absolute atomic E-state index is 12.6. The van der Waals surface area contributed by atoms with Crippen LogP contribution in [0.25, 0.3) is 0 Å². The predicted molar refractivity (Wildman–Crippen MR) is 162 cm³/mol. The molecule has 0 aliphatic carbocycles. The van der Waals surface area contributed by atoms with E-state index in [0.29, 0.717) is 31.7 Å². The third-order valence-electron chi connectivity index (χ3n) is 7.13. The van der Waals surface area contributed by atoms with Gasteiger partial charge in [0.25, 0.3) is 0 Å². The molecule has 0 spiro atoms. The van der Waals surface area contributed by atoms with E-state index in [1.165, 1.54) is 89.9 Å². The van der Waals surface area contributed by atoms with Crippen LogP contribution < -0.4 is 10.2 Å². The monoisotopic (exact) mass is 542 g/mol. The van der Waals surface area contributed by atoms with Gasteiger partial charge in [0.05, 0.1) is 18.9 Å². The van der Waals surface area contributed by atoms with Crippen LogP contribution in [0, 0.1) is 11.3 Å². The Labute approximate surface area is 238 Å². The molecule has 1 heterocycles. The normalized spacial score (nSPS) is 10.6. The molecule has 0 fully saturated rings. The first-order chi connectivity index (χ1) is 18.2. The standard InChI is InChI=1S/C33H50N2O2.ClH/c1-2-3-4-5-6-7-8-9-10-11-12-13-14-15-16-20-26-37-33-29-35(28-30-22-18-17-19-23-30)31(24-21-25-34)27-32(33)36;/h17-19,22-23,27,29H,2-16,20-21,24,26,28H2,1H3;1H. The van der Waals surface area contributed by atoms with Crippen LogP contribution in [0.2, 0.25) is 0 Å². The molecule has 1 aromatic heterocycles. The largest absolute Gasteiger partial charge is 0.488 e. The summed E-state index contributed by atoms with van der Waals surface area (Å²) in [4.78, 5) is 12.6. The minimum absolute atomic E-state index is 0. The summed E-state index contributed by atoms with van der Waals surface area (Å²) in [6.07, 6.45) is 24.3. The number of nitrogens with zero attached hydrogens (tertiary/aromatic N) is 2. The van der Waals surface area contributed by atoms with Crippen molar-refractivity contribution in [3.63, 3.8) is 0 Å². The van der Waals surface area contributed by atoms with E-state index >= 15 is 0 Å². The smallest absolute Gasteiger partial charge is 0.223 e. The van der Waals surface area contributed by atoms with Gasteiger partial charge in [-0.3, -0.25) is 4.79 Å². The molecule has 0 aliphatic heterocycles. The van der Waals surface area contributed by atoms with Crippen molar-refractivity contribution in [2.45, 2.75) is 129 Å². The molecular weight excluding hydrogens is 492 g/mol. The number of nitriles is 1. The maximum atomic E-state index is 12.6. The first kappa shape index (κ1) is 33.8. The summed E-state index contributed by atoms with van der Waals surface area (Å²) in [5, 5.41) is 8.99. The molecule has 0 saturated carbocycles. The number of hydrogen-bond acceptors (Lipinski definition) is 3. The zero-order valence-corrected chi connectivity index (χ0v) is 24.6. The SMILES string of the molecule is CCCCCCCCCCCCCCCCCCOc1cn(Cc2ccccc2)c(CCC#N)cc1=O.Cl. The van der Waals surface area contributed by atoms with Gasteiger partial charge in [-0.2, -0.15) is 5.26 Å². The highest BCUT2D eigenvalue weighted by molar-refractivity contribution is 5.85. The fourth-order valence-electron chi connectivity index (χ4n) is 4.86. The van der Waals surface area contributed by atoms with E-state index in [0.717, 1.165) is 24.1 Å². The van der Waals surface area contributed by atoms with Crippen molar-refractivity contribution in [2.24, 2.45) is 0 Å². The van der Waals surface area contributed by atoms with Gasteiger partial charge in [-0.15, -0.1) is 12.4 Å². The Bertz CT molecular complexity index is 936. The average Bonchev–Trinajstić information content (AvgIpc) is 2.91. The lowest BCUT2D eigenvalue weighted by Crippen LogP contribution is -2.16. The van der Waals surface area contributed by atoms with Gasteiger partial charge in [-0.25, -0.2) is 0 Å². The lowest BCUT2D eigenvalue weighted by atomic mass is 10.0. The van der Waals surface area contributed by atoms with Gasteiger partial charge in [0.2, 0.25) is 5.43 Å². The Hall–Kier alpha value is -2.25. The van der Waals surface area contributed by atoms with Gasteiger partial charge in [-0.1, -0.05) is 134 Å². The highest BCUT2D eigenvalue weighted by atomic mass is 35.5. The second-order valence-corrected chi connectivity index (χ2v) is 10.4. The van der Waals surface area contributed by atoms with Crippen molar-refractivity contribution in [3.8, 4) is 11.8 Å². The van der Waals surface area contributed by atoms with Crippen LogP contribution in [0.4, 0.5) is 0 Å². The van der Waals surface area contributed by atoms with Crippen molar-refractivity contribution < 1.29 is 4.74 Å². The Morgan fingerprint density at radius 1 is 0.789 bits per heavy atom. The van der Waals surface area contributed by atoms with E-state index in [4.69, 9.17) is 10.00 Å². The molecular formula is C33H51ClN2O2. The highest BCUT2D eigenvalue weighted by Crippen LogP contribution is 2.15. The molecule has 1 aromatic carbocycles. The van der Waals surface area contributed by atoms with Gasteiger partial charge >= 0.3 is 0 Å². The van der Waals surface area contributed by atoms with Crippen LogP contribution >= 0.6 is 12.4 Å². The van der Waals surface area contributed by atoms with E-state index in [2.05, 4.69) is 29.7 Å². The molecule has 0 saturated heterocycles. The first-order valence-corrected chi connectivity index (χ1v) is 15.0. The van der Waals surface area contributed by atoms with Gasteiger partial charge in [0.1, 0.15) is 0 Å². The lowest BCUT2D eigenvalue weighted by molar-refractivity contribution is 0.298. The zero-order chi connectivity index (χ0) is 26.4. The quantitative estimate of drug-likeness (QED) is 0.139. The van der Waals surface area contributed by atoms with Crippen LogP contribution in [0.15, 0.2) is 47.4 Å². The van der Waals surface area contributed by atoms with Crippen molar-refractivity contribution in [2.75, 3.05) is 6.61 Å². The van der Waals surface area contributed by atoms with Crippen LogP contribution in [0.3, 0.4) is 0 Å². The Morgan fingerprint density at radius 3 is 1.84 bits per heavy atom. The molecule has 0 bridgehead atoms. The number of halogens is 1. The molecule has 0 amide bonds. The van der Waals surface area contributed by atoms with Crippen molar-refractivity contribution in [3.05, 3.63) is 64.1 Å². The molecule has 212 valence electrons. The van der Waals surface area contributed by atoms with Gasteiger partial charge in [-0.05, 0) is 12.0 Å². The Kier molecular flexibility index (Phi) is 20.2. The summed E-state index contributed by atoms with van der Waals surface area (Å²) >= 11 is 0. The average molecular weight is 543 g/mol. The number of unbranched alkanes of at least 4 members (excludes halogenated alkanes) is 15. The summed E-state index contributed by atoms with van der Waals surface area (Å²) in [6.45, 7) is 3.52. The van der Waals surface area contributed by atoms with E-state index in [1.807, 2.05) is 24.4 Å². The fraction of sp³-hybridized carbons (Fsp3) is 0.636. The molecule has 0 atom stereocenters. The number of aryl methyl sites for hydroxylation is 1. The molecule has 0 unspecified atom stereocenters. The zero-order valence-electron chi connectivity index (χ0n) is 23.8. The molecule has 0 radical (unpaired) electrons. The minimum atomic E-state index is -0.0891. The predicted octanol–water partition coefficient (Wildman–Crippen LogP) is 9.41. The van der Waals surface area contributed by atoms with Crippen LogP contribution in [0.1, 0.15) is 127 Å². The maximum Gasteiger partial charge on any atom is 0.223 e. The summed E-state index contributed by atoms with van der Waals surface area (Å²) in [5.74, 6) is 0.414. The Balaban J connectivity index is 0.00000722. The summed E-state index contributed by atoms with van der Waals surface area (Å²) < 4.78 is 7.95. The number of ether oxygens (including phenoxy) is 1. The molecule has 38 heavy (non-hydrogen) atoms. The number of hydrogen-bond donors (Lipinski definition) is 0. The molecule has 4 nitrogen and oxygen atoms in total. The molecule has 0 aliphatic rings. The van der Waals surface area contributed by atoms with Gasteiger partial charge in [0, 0.05) is 31.1 Å². The van der Waals surface area contributed by atoms with Crippen molar-refractivity contribution in [1.29, 1.82) is 5.26 Å². The summed E-state index contributed by atoms with van der Waals surface area (Å²) in [5.41, 5.74) is 1.95. The van der Waals surface area contributed by atoms with Crippen LogP contribution in [-0.4, -0.2) is 11.2 Å². The van der Waals surface area contributed by atoms with Crippen LogP contribution in [-0.2, 0) is 13.0 Å². The topological polar surface area (TPSA) is 55.0 Å². The number of pyridine rings is 1. The van der Waals surface area contributed by atoms with Gasteiger partial charge in [0.15, 0.2) is 5.75 Å². The molecule has 2 rings (SSSR count). The third-order valence-corrected chi connectivity index (χ3v) is 7.13. The first-order valence-electron chi connectivity index (χ1n) is 15.0. The van der Waals surface area contributed by atoms with E-state index in [9.17, 15) is 4.79 Å². The number of rotatable bonds is 22. The van der Waals surface area contributed by atoms with E-state index in [1.54, 1.807) is 6.07 Å². The molecule has 5 heteroatoms. The molecule has 0 N–H and O–H groups in total. The second-order valence-electron chi connectivity index (χ2n) is 10.4. The minimum Gasteiger partial charge on any atom is -0.488 e. The van der Waals surface area contributed by atoms with E-state index < -0.39 is 0 Å². The summed E-state index contributed by atoms with van der Waals surface area (Å²) in [7, 11) is 0. The Morgan fingerprint density at radius 2 is 1.32 bits per heavy atom. The summed E-state index contributed by atoms with van der Waals surface area (Å²) in [6, 6.07) is 14.0. The van der Waals surface area contributed by atoms with Crippen molar-refractivity contribution in [1.82, 2.24) is 4.57 Å². The van der Waals surface area contributed by atoms with E-state index in [-0.39, 0.29) is 17.8 Å². The number of benzene rings is 1. The van der Waals surface area contributed by atoms with Crippen molar-refractivity contribution >= 4 is 12.4 Å². The fourth-order valence-corrected chi connectivity index (χ4v) is 4.86. The van der Waals surface area contributed by atoms with Crippen LogP contribution in [0.5, 0.6) is 5.75 Å². The number of aromatic nitrogens is 1.